The minimum Gasteiger partial charge on any atom is -0.481 e. The molecule has 2 heterocycles. The highest BCUT2D eigenvalue weighted by Crippen LogP contribution is 2.26. The first-order valence-electron chi connectivity index (χ1n) is 6.15. The third kappa shape index (κ3) is 2.67. The van der Waals surface area contributed by atoms with Gasteiger partial charge in [-0.2, -0.15) is 5.10 Å². The molecule has 0 aromatic carbocycles. The summed E-state index contributed by atoms with van der Waals surface area (Å²) < 4.78 is 1.83. The molecule has 1 aliphatic heterocycles. The van der Waals surface area contributed by atoms with Gasteiger partial charge < -0.3 is 5.11 Å². The van der Waals surface area contributed by atoms with Crippen molar-refractivity contribution in [2.24, 2.45) is 13.0 Å². The molecule has 100 valence electrons. The lowest BCUT2D eigenvalue weighted by Gasteiger charge is -2.38. The fourth-order valence-electron chi connectivity index (χ4n) is 2.39. The van der Waals surface area contributed by atoms with Gasteiger partial charge in [-0.05, 0) is 12.3 Å². The van der Waals surface area contributed by atoms with Crippen molar-refractivity contribution in [3.63, 3.8) is 0 Å². The van der Waals surface area contributed by atoms with Gasteiger partial charge in [0.2, 0.25) is 0 Å². The van der Waals surface area contributed by atoms with Crippen molar-refractivity contribution >= 4 is 17.6 Å². The van der Waals surface area contributed by atoms with Crippen molar-refractivity contribution in [1.82, 2.24) is 14.7 Å². The zero-order valence-electron chi connectivity index (χ0n) is 10.7. The lowest BCUT2D eigenvalue weighted by atomic mass is 9.96. The first-order valence-corrected chi connectivity index (χ1v) is 6.53. The molecule has 0 saturated carbocycles. The average Bonchev–Trinajstić information content (AvgIpc) is 2.52. The van der Waals surface area contributed by atoms with Gasteiger partial charge >= 0.3 is 5.97 Å². The molecule has 1 aliphatic rings. The molecule has 18 heavy (non-hydrogen) atoms. The van der Waals surface area contributed by atoms with Crippen molar-refractivity contribution in [3.05, 3.63) is 16.4 Å². The predicted molar refractivity (Wildman–Crippen MR) is 68.6 cm³/mol. The zero-order valence-corrected chi connectivity index (χ0v) is 11.4. The van der Waals surface area contributed by atoms with Gasteiger partial charge in [-0.25, -0.2) is 0 Å². The van der Waals surface area contributed by atoms with Crippen LogP contribution in [0, 0.1) is 5.92 Å². The van der Waals surface area contributed by atoms with E-state index in [1.54, 1.807) is 0 Å². The number of hydrogen-bond acceptors (Lipinski definition) is 3. The van der Waals surface area contributed by atoms with E-state index in [9.17, 15) is 4.79 Å². The molecule has 1 aromatic rings. The number of carboxylic acid groups (broad SMARTS) is 1. The molecule has 0 unspecified atom stereocenters. The molecule has 0 radical (unpaired) electrons. The number of aromatic nitrogens is 2. The van der Waals surface area contributed by atoms with Gasteiger partial charge in [0.15, 0.2) is 0 Å². The molecular formula is C12H18ClN3O2. The minimum absolute atomic E-state index is 0.260. The summed E-state index contributed by atoms with van der Waals surface area (Å²) in [6.07, 6.45) is 1.09. The summed E-state index contributed by atoms with van der Waals surface area (Å²) in [5, 5.41) is 13.8. The van der Waals surface area contributed by atoms with E-state index in [1.165, 1.54) is 0 Å². The Kier molecular flexibility index (Phi) is 3.92. The molecule has 0 aliphatic carbocycles. The Morgan fingerprint density at radius 1 is 1.56 bits per heavy atom. The second kappa shape index (κ2) is 5.28. The first kappa shape index (κ1) is 13.4. The molecule has 0 bridgehead atoms. The van der Waals surface area contributed by atoms with Crippen LogP contribution >= 0.6 is 11.6 Å². The van der Waals surface area contributed by atoms with Gasteiger partial charge in [0.05, 0.1) is 22.8 Å². The molecule has 2 rings (SSSR count). The van der Waals surface area contributed by atoms with Crippen molar-refractivity contribution in [2.75, 3.05) is 13.1 Å². The van der Waals surface area contributed by atoms with E-state index in [2.05, 4.69) is 10.00 Å². The number of nitrogens with zero attached hydrogens (tertiary/aromatic N) is 3. The lowest BCUT2D eigenvalue weighted by molar-refractivity contribution is -0.139. The molecule has 1 fully saturated rings. The number of carboxylic acids is 1. The maximum absolute atomic E-state index is 10.6. The second-order valence-corrected chi connectivity index (χ2v) is 5.22. The quantitative estimate of drug-likeness (QED) is 0.883. The first-order chi connectivity index (χ1) is 8.51. The minimum atomic E-state index is -0.716. The highest BCUT2D eigenvalue weighted by molar-refractivity contribution is 6.31. The molecule has 6 heteroatoms. The number of rotatable bonds is 5. The van der Waals surface area contributed by atoms with Crippen LogP contribution in [0.15, 0.2) is 0 Å². The standard InChI is InChI=1S/C12H18ClN3O2/c1-3-9-12(13)10(15(2)14-9)7-16-5-8(6-16)4-11(17)18/h8H,3-7H2,1-2H3,(H,17,18). The van der Waals surface area contributed by atoms with Gasteiger partial charge in [-0.15, -0.1) is 0 Å². The molecular weight excluding hydrogens is 254 g/mol. The average molecular weight is 272 g/mol. The summed E-state index contributed by atoms with van der Waals surface area (Å²) in [4.78, 5) is 12.8. The molecule has 0 spiro atoms. The fourth-order valence-corrected chi connectivity index (χ4v) is 2.74. The Morgan fingerprint density at radius 2 is 2.22 bits per heavy atom. The summed E-state index contributed by atoms with van der Waals surface area (Å²) >= 11 is 6.27. The number of aryl methyl sites for hydroxylation is 2. The maximum Gasteiger partial charge on any atom is 0.303 e. The van der Waals surface area contributed by atoms with Crippen LogP contribution in [-0.4, -0.2) is 38.8 Å². The third-order valence-corrected chi connectivity index (χ3v) is 3.81. The van der Waals surface area contributed by atoms with Gasteiger partial charge in [0.1, 0.15) is 0 Å². The molecule has 1 aromatic heterocycles. The number of carbonyl (C=O) groups is 1. The monoisotopic (exact) mass is 271 g/mol. The summed E-state index contributed by atoms with van der Waals surface area (Å²) in [5.74, 6) is -0.438. The van der Waals surface area contributed by atoms with Crippen molar-refractivity contribution in [2.45, 2.75) is 26.3 Å². The van der Waals surface area contributed by atoms with Gasteiger partial charge in [-0.3, -0.25) is 14.4 Å². The van der Waals surface area contributed by atoms with E-state index in [0.29, 0.717) is 0 Å². The van der Waals surface area contributed by atoms with E-state index in [4.69, 9.17) is 16.7 Å². The molecule has 0 atom stereocenters. The highest BCUT2D eigenvalue weighted by Gasteiger charge is 2.29. The Hall–Kier alpha value is -1.07. The predicted octanol–water partition coefficient (Wildman–Crippen LogP) is 1.54. The smallest absolute Gasteiger partial charge is 0.303 e. The van der Waals surface area contributed by atoms with Gasteiger partial charge in [0.25, 0.3) is 0 Å². The Bertz CT molecular complexity index is 452. The number of hydrogen-bond donors (Lipinski definition) is 1. The van der Waals surface area contributed by atoms with Gasteiger partial charge in [0, 0.05) is 26.7 Å². The Balaban J connectivity index is 1.92. The maximum atomic E-state index is 10.6. The summed E-state index contributed by atoms with van der Waals surface area (Å²) in [6, 6.07) is 0. The zero-order chi connectivity index (χ0) is 13.3. The van der Waals surface area contributed by atoms with Crippen LogP contribution < -0.4 is 0 Å². The second-order valence-electron chi connectivity index (χ2n) is 4.84. The SMILES string of the molecule is CCc1nn(C)c(CN2CC(CC(=O)O)C2)c1Cl. The van der Waals surface area contributed by atoms with E-state index < -0.39 is 5.97 Å². The van der Waals surface area contributed by atoms with Crippen LogP contribution in [0.1, 0.15) is 24.7 Å². The largest absolute Gasteiger partial charge is 0.481 e. The van der Waals surface area contributed by atoms with Crippen LogP contribution in [0.5, 0.6) is 0 Å². The molecule has 5 nitrogen and oxygen atoms in total. The van der Waals surface area contributed by atoms with Crippen LogP contribution in [0.25, 0.3) is 0 Å². The Morgan fingerprint density at radius 3 is 2.72 bits per heavy atom. The summed E-state index contributed by atoms with van der Waals surface area (Å²) in [6.45, 7) is 4.44. The van der Waals surface area contributed by atoms with E-state index >= 15 is 0 Å². The van der Waals surface area contributed by atoms with Crippen molar-refractivity contribution in [3.8, 4) is 0 Å². The number of likely N-dealkylation sites (tertiary alicyclic amines) is 1. The van der Waals surface area contributed by atoms with Crippen molar-refractivity contribution < 1.29 is 9.90 Å². The molecule has 0 amide bonds. The Labute approximate surface area is 111 Å². The van der Waals surface area contributed by atoms with Crippen LogP contribution in [0.4, 0.5) is 0 Å². The van der Waals surface area contributed by atoms with E-state index in [1.807, 2.05) is 18.7 Å². The van der Waals surface area contributed by atoms with Crippen LogP contribution in [0.3, 0.4) is 0 Å². The summed E-state index contributed by atoms with van der Waals surface area (Å²) in [5.41, 5.74) is 1.94. The number of aliphatic carboxylic acids is 1. The summed E-state index contributed by atoms with van der Waals surface area (Å²) in [7, 11) is 1.90. The fraction of sp³-hybridized carbons (Fsp3) is 0.667. The normalized spacial score (nSPS) is 16.8. The van der Waals surface area contributed by atoms with E-state index in [0.717, 1.165) is 42.5 Å². The third-order valence-electron chi connectivity index (χ3n) is 3.37. The lowest BCUT2D eigenvalue weighted by Crippen LogP contribution is -2.47. The molecule has 1 saturated heterocycles. The van der Waals surface area contributed by atoms with Crippen LogP contribution in [0.2, 0.25) is 5.02 Å². The highest BCUT2D eigenvalue weighted by atomic mass is 35.5. The number of halogens is 1. The topological polar surface area (TPSA) is 58.4 Å². The van der Waals surface area contributed by atoms with Crippen LogP contribution in [-0.2, 0) is 24.8 Å². The molecule has 1 N–H and O–H groups in total. The van der Waals surface area contributed by atoms with Crippen molar-refractivity contribution in [1.29, 1.82) is 0 Å². The van der Waals surface area contributed by atoms with Gasteiger partial charge in [-0.1, -0.05) is 18.5 Å². The van der Waals surface area contributed by atoms with E-state index in [-0.39, 0.29) is 12.3 Å².